The number of methoxy groups -OCH3 is 2. The van der Waals surface area contributed by atoms with Gasteiger partial charge in [-0.25, -0.2) is 12.8 Å². The van der Waals surface area contributed by atoms with Gasteiger partial charge in [-0.3, -0.25) is 9.59 Å². The first-order chi connectivity index (χ1) is 20.6. The van der Waals surface area contributed by atoms with E-state index < -0.39 is 38.6 Å². The zero-order valence-corrected chi connectivity index (χ0v) is 25.8. The number of halogens is 2. The Morgan fingerprint density at radius 1 is 1.23 bits per heavy atom. The van der Waals surface area contributed by atoms with E-state index in [1.165, 1.54) is 23.3 Å². The topological polar surface area (TPSA) is 141 Å². The van der Waals surface area contributed by atoms with Gasteiger partial charge in [0.2, 0.25) is 15.9 Å². The van der Waals surface area contributed by atoms with E-state index in [-0.39, 0.29) is 43.7 Å². The van der Waals surface area contributed by atoms with Crippen LogP contribution in [0.1, 0.15) is 18.5 Å². The molecule has 2 aromatic heterocycles. The molecule has 4 heterocycles. The van der Waals surface area contributed by atoms with Crippen molar-refractivity contribution in [2.24, 2.45) is 0 Å². The van der Waals surface area contributed by atoms with Crippen LogP contribution in [0.3, 0.4) is 0 Å². The van der Waals surface area contributed by atoms with Crippen LogP contribution in [0.2, 0.25) is 4.34 Å². The molecule has 0 aliphatic carbocycles. The molecule has 2 saturated heterocycles. The zero-order chi connectivity index (χ0) is 30.7. The number of hydrogen-bond donors (Lipinski definition) is 1. The van der Waals surface area contributed by atoms with Gasteiger partial charge < -0.3 is 28.5 Å². The predicted molar refractivity (Wildman–Crippen MR) is 155 cm³/mol. The SMILES string of the molecule is COc1c(N2CCOCC2=O)cc(F)cc1S(=O)(=O)NC(Cc1cc(-c2ccc(Cl)s2)on1)C(=O)N1CCC(OC)CC1. The van der Waals surface area contributed by atoms with Gasteiger partial charge in [-0.15, -0.1) is 11.3 Å². The second kappa shape index (κ2) is 13.3. The lowest BCUT2D eigenvalue weighted by molar-refractivity contribution is -0.135. The van der Waals surface area contributed by atoms with Crippen LogP contribution in [0.15, 0.2) is 39.8 Å². The summed E-state index contributed by atoms with van der Waals surface area (Å²) in [5, 5.41) is 4.05. The van der Waals surface area contributed by atoms with E-state index in [4.69, 9.17) is 30.3 Å². The lowest BCUT2D eigenvalue weighted by Crippen LogP contribution is -2.52. The fourth-order valence-electron chi connectivity index (χ4n) is 5.08. The number of nitrogens with zero attached hydrogens (tertiary/aromatic N) is 3. The maximum absolute atomic E-state index is 14.9. The van der Waals surface area contributed by atoms with E-state index in [0.29, 0.717) is 46.6 Å². The summed E-state index contributed by atoms with van der Waals surface area (Å²) in [5.41, 5.74) is 0.259. The van der Waals surface area contributed by atoms with Crippen molar-refractivity contribution in [3.05, 3.63) is 46.2 Å². The molecular formula is C27H30ClFN4O8S2. The number of sulfonamides is 1. The Morgan fingerprint density at radius 3 is 2.65 bits per heavy atom. The molecule has 1 atom stereocenters. The van der Waals surface area contributed by atoms with Crippen LogP contribution in [0.25, 0.3) is 10.6 Å². The lowest BCUT2D eigenvalue weighted by atomic mass is 10.1. The molecular weight excluding hydrogens is 627 g/mol. The number of thiophene rings is 1. The van der Waals surface area contributed by atoms with E-state index >= 15 is 0 Å². The number of carbonyl (C=O) groups is 2. The first kappa shape index (κ1) is 31.3. The van der Waals surface area contributed by atoms with Crippen LogP contribution in [0.5, 0.6) is 5.75 Å². The minimum absolute atomic E-state index is 0.00668. The van der Waals surface area contributed by atoms with Crippen molar-refractivity contribution in [1.82, 2.24) is 14.8 Å². The highest BCUT2D eigenvalue weighted by atomic mass is 35.5. The van der Waals surface area contributed by atoms with Crippen LogP contribution in [-0.2, 0) is 35.5 Å². The third-order valence-corrected chi connectivity index (χ3v) is 9.96. The standard InChI is InChI=1S/C27H30ClFN4O8S2/c1-38-18-5-7-32(8-6-18)27(35)19(13-17-14-21(41-30-17)22-3-4-24(28)42-22)31-43(36,37)23-12-16(29)11-20(26(23)39-2)33-9-10-40-15-25(33)34/h3-4,11-12,14,18-19,31H,5-10,13,15H2,1-2H3. The van der Waals surface area contributed by atoms with Gasteiger partial charge in [-0.05, 0) is 31.0 Å². The molecule has 0 saturated carbocycles. The summed E-state index contributed by atoms with van der Waals surface area (Å²) in [7, 11) is -1.77. The second-order valence-corrected chi connectivity index (χ2v) is 13.4. The molecule has 2 aliphatic rings. The second-order valence-electron chi connectivity index (χ2n) is 9.98. The monoisotopic (exact) mass is 656 g/mol. The van der Waals surface area contributed by atoms with E-state index in [2.05, 4.69) is 9.88 Å². The highest BCUT2D eigenvalue weighted by Gasteiger charge is 2.36. The fourth-order valence-corrected chi connectivity index (χ4v) is 7.45. The number of amides is 2. The van der Waals surface area contributed by atoms with Crippen molar-refractivity contribution in [2.75, 3.05) is 52.0 Å². The summed E-state index contributed by atoms with van der Waals surface area (Å²) in [4.78, 5) is 29.2. The van der Waals surface area contributed by atoms with E-state index in [1.807, 2.05) is 0 Å². The molecule has 12 nitrogen and oxygen atoms in total. The number of benzene rings is 1. The number of hydrogen-bond acceptors (Lipinski definition) is 10. The van der Waals surface area contributed by atoms with Crippen LogP contribution >= 0.6 is 22.9 Å². The number of anilines is 1. The van der Waals surface area contributed by atoms with Gasteiger partial charge in [0.25, 0.3) is 5.91 Å². The van der Waals surface area contributed by atoms with Gasteiger partial charge in [-0.2, -0.15) is 4.72 Å². The number of aromatic nitrogens is 1. The molecule has 0 radical (unpaired) electrons. The first-order valence-electron chi connectivity index (χ1n) is 13.4. The van der Waals surface area contributed by atoms with E-state index in [1.54, 1.807) is 30.2 Å². The average Bonchev–Trinajstić information content (AvgIpc) is 3.65. The normalized spacial score (nSPS) is 17.3. The Bertz CT molecular complexity index is 1590. The van der Waals surface area contributed by atoms with Crippen molar-refractivity contribution < 1.29 is 41.1 Å². The largest absolute Gasteiger partial charge is 0.493 e. The van der Waals surface area contributed by atoms with Gasteiger partial charge in [0.05, 0.1) is 40.4 Å². The third kappa shape index (κ3) is 7.02. The molecule has 0 spiro atoms. The number of nitrogens with one attached hydrogen (secondary N) is 1. The summed E-state index contributed by atoms with van der Waals surface area (Å²) >= 11 is 7.32. The lowest BCUT2D eigenvalue weighted by Gasteiger charge is -2.33. The molecule has 2 fully saturated rings. The van der Waals surface area contributed by atoms with Gasteiger partial charge in [0.1, 0.15) is 23.4 Å². The molecule has 2 aliphatic heterocycles. The van der Waals surface area contributed by atoms with Crippen molar-refractivity contribution in [3.8, 4) is 16.4 Å². The number of likely N-dealkylation sites (tertiary alicyclic amines) is 1. The number of ether oxygens (including phenoxy) is 3. The van der Waals surface area contributed by atoms with Crippen molar-refractivity contribution in [2.45, 2.75) is 36.3 Å². The molecule has 1 N–H and O–H groups in total. The number of morpholine rings is 1. The maximum Gasteiger partial charge on any atom is 0.253 e. The molecule has 5 rings (SSSR count). The minimum Gasteiger partial charge on any atom is -0.493 e. The van der Waals surface area contributed by atoms with Crippen molar-refractivity contribution >= 4 is 50.5 Å². The Morgan fingerprint density at radius 2 is 2.00 bits per heavy atom. The molecule has 16 heteroatoms. The summed E-state index contributed by atoms with van der Waals surface area (Å²) in [6, 6.07) is 5.57. The van der Waals surface area contributed by atoms with Gasteiger partial charge >= 0.3 is 0 Å². The maximum atomic E-state index is 14.9. The number of carbonyl (C=O) groups excluding carboxylic acids is 2. The first-order valence-corrected chi connectivity index (χ1v) is 16.1. The molecule has 2 amide bonds. The quantitative estimate of drug-likeness (QED) is 0.349. The molecule has 1 unspecified atom stereocenters. The van der Waals surface area contributed by atoms with Crippen LogP contribution < -0.4 is 14.4 Å². The third-order valence-electron chi connectivity index (χ3n) is 7.24. The Hall–Kier alpha value is -3.08. The van der Waals surface area contributed by atoms with Crippen LogP contribution in [0, 0.1) is 5.82 Å². The molecule has 232 valence electrons. The number of piperidine rings is 1. The predicted octanol–water partition coefficient (Wildman–Crippen LogP) is 3.09. The van der Waals surface area contributed by atoms with E-state index in [9.17, 15) is 22.4 Å². The highest BCUT2D eigenvalue weighted by Crippen LogP contribution is 2.37. The molecule has 0 bridgehead atoms. The highest BCUT2D eigenvalue weighted by molar-refractivity contribution is 7.89. The zero-order valence-electron chi connectivity index (χ0n) is 23.4. The van der Waals surface area contributed by atoms with Gasteiger partial charge in [0, 0.05) is 45.3 Å². The van der Waals surface area contributed by atoms with Gasteiger partial charge in [-0.1, -0.05) is 16.8 Å². The molecule has 3 aromatic rings. The number of rotatable bonds is 10. The Labute approximate surface area is 256 Å². The average molecular weight is 657 g/mol. The Balaban J connectivity index is 1.47. The summed E-state index contributed by atoms with van der Waals surface area (Å²) < 4.78 is 67.0. The molecule has 43 heavy (non-hydrogen) atoms. The minimum atomic E-state index is -4.59. The molecule has 1 aromatic carbocycles. The van der Waals surface area contributed by atoms with Crippen LogP contribution in [0.4, 0.5) is 10.1 Å². The van der Waals surface area contributed by atoms with E-state index in [0.717, 1.165) is 12.1 Å². The Kier molecular flexibility index (Phi) is 9.68. The smallest absolute Gasteiger partial charge is 0.253 e. The summed E-state index contributed by atoms with van der Waals surface area (Å²) in [6.45, 7) is 0.737. The van der Waals surface area contributed by atoms with Crippen molar-refractivity contribution in [1.29, 1.82) is 0 Å². The van der Waals surface area contributed by atoms with Crippen molar-refractivity contribution in [3.63, 3.8) is 0 Å². The van der Waals surface area contributed by atoms with Crippen LogP contribution in [-0.4, -0.2) is 89.5 Å². The fraction of sp³-hybridized carbons (Fsp3) is 0.444. The summed E-state index contributed by atoms with van der Waals surface area (Å²) in [6.07, 6.45) is 1.01. The van der Waals surface area contributed by atoms with Gasteiger partial charge in [0.15, 0.2) is 11.5 Å². The summed E-state index contributed by atoms with van der Waals surface area (Å²) in [5.74, 6) is -1.70.